The summed E-state index contributed by atoms with van der Waals surface area (Å²) in [6.07, 6.45) is 2.51. The first kappa shape index (κ1) is 14.0. The lowest BCUT2D eigenvalue weighted by Gasteiger charge is -2.43. The van der Waals surface area contributed by atoms with Gasteiger partial charge in [-0.2, -0.15) is 0 Å². The van der Waals surface area contributed by atoms with Gasteiger partial charge < -0.3 is 15.7 Å². The fraction of sp³-hybridized carbons (Fsp3) is 0.833. The van der Waals surface area contributed by atoms with Crippen LogP contribution in [0, 0.1) is 0 Å². The van der Waals surface area contributed by atoms with Gasteiger partial charge in [-0.1, -0.05) is 6.92 Å². The molecule has 98 valence electrons. The standard InChI is InChI=1S/C12H22N2O3/c1-4-13-11(2,3)10(17)14-12(6-5-7-12)8-9(15)16/h13H,4-8H2,1-3H3,(H,14,17)(H,15,16). The Hall–Kier alpha value is -1.10. The third kappa shape index (κ3) is 3.43. The van der Waals surface area contributed by atoms with E-state index in [4.69, 9.17) is 5.11 Å². The zero-order valence-corrected chi connectivity index (χ0v) is 10.8. The topological polar surface area (TPSA) is 78.4 Å². The van der Waals surface area contributed by atoms with E-state index in [1.54, 1.807) is 13.8 Å². The molecule has 0 heterocycles. The van der Waals surface area contributed by atoms with Crippen LogP contribution in [0.1, 0.15) is 46.5 Å². The van der Waals surface area contributed by atoms with Crippen LogP contribution < -0.4 is 10.6 Å². The summed E-state index contributed by atoms with van der Waals surface area (Å²) in [5, 5.41) is 14.9. The minimum Gasteiger partial charge on any atom is -0.481 e. The minimum atomic E-state index is -0.855. The van der Waals surface area contributed by atoms with Crippen LogP contribution in [0.4, 0.5) is 0 Å². The Kier molecular flexibility index (Phi) is 4.14. The van der Waals surface area contributed by atoms with Crippen LogP contribution in [0.25, 0.3) is 0 Å². The van der Waals surface area contributed by atoms with E-state index in [-0.39, 0.29) is 12.3 Å². The van der Waals surface area contributed by atoms with Gasteiger partial charge in [0.15, 0.2) is 0 Å². The first-order valence-electron chi connectivity index (χ1n) is 6.11. The van der Waals surface area contributed by atoms with Gasteiger partial charge in [0, 0.05) is 0 Å². The van der Waals surface area contributed by atoms with E-state index >= 15 is 0 Å². The molecule has 1 rings (SSSR count). The van der Waals surface area contributed by atoms with Crippen LogP contribution in [-0.2, 0) is 9.59 Å². The molecule has 0 aromatic heterocycles. The van der Waals surface area contributed by atoms with Gasteiger partial charge in [0.2, 0.25) is 5.91 Å². The number of carbonyl (C=O) groups is 2. The first-order chi connectivity index (χ1) is 7.81. The number of amides is 1. The quantitative estimate of drug-likeness (QED) is 0.646. The van der Waals surface area contributed by atoms with Crippen molar-refractivity contribution in [2.75, 3.05) is 6.54 Å². The van der Waals surface area contributed by atoms with Crippen molar-refractivity contribution in [3.05, 3.63) is 0 Å². The number of hydrogen-bond donors (Lipinski definition) is 3. The largest absolute Gasteiger partial charge is 0.481 e. The third-order valence-corrected chi connectivity index (χ3v) is 3.37. The molecule has 1 aliphatic rings. The number of aliphatic carboxylic acids is 1. The molecule has 17 heavy (non-hydrogen) atoms. The summed E-state index contributed by atoms with van der Waals surface area (Å²) >= 11 is 0. The van der Waals surface area contributed by atoms with Gasteiger partial charge in [0.05, 0.1) is 17.5 Å². The van der Waals surface area contributed by atoms with Gasteiger partial charge in [0.25, 0.3) is 0 Å². The average molecular weight is 242 g/mol. The van der Waals surface area contributed by atoms with Crippen molar-refractivity contribution < 1.29 is 14.7 Å². The summed E-state index contributed by atoms with van der Waals surface area (Å²) in [5.41, 5.74) is -1.18. The second kappa shape index (κ2) is 5.04. The molecule has 0 aromatic carbocycles. The predicted octanol–water partition coefficient (Wildman–Crippen LogP) is 0.888. The summed E-state index contributed by atoms with van der Waals surface area (Å²) in [4.78, 5) is 22.9. The number of carboxylic acids is 1. The molecule has 5 heteroatoms. The second-order valence-corrected chi connectivity index (χ2v) is 5.31. The molecule has 0 bridgehead atoms. The van der Waals surface area contributed by atoms with E-state index in [1.807, 2.05) is 6.92 Å². The molecule has 1 amide bonds. The Morgan fingerprint density at radius 2 is 1.94 bits per heavy atom. The molecule has 1 aliphatic carbocycles. The lowest BCUT2D eigenvalue weighted by Crippen LogP contribution is -2.62. The highest BCUT2D eigenvalue weighted by Gasteiger charge is 2.42. The van der Waals surface area contributed by atoms with Crippen molar-refractivity contribution in [2.45, 2.75) is 57.5 Å². The Labute approximate surface area is 102 Å². The molecule has 3 N–H and O–H groups in total. The van der Waals surface area contributed by atoms with Gasteiger partial charge in [-0.25, -0.2) is 0 Å². The normalized spacial score (nSPS) is 18.3. The Balaban J connectivity index is 2.62. The van der Waals surface area contributed by atoms with E-state index in [0.717, 1.165) is 19.3 Å². The predicted molar refractivity (Wildman–Crippen MR) is 64.7 cm³/mol. The van der Waals surface area contributed by atoms with Gasteiger partial charge in [-0.15, -0.1) is 0 Å². The van der Waals surface area contributed by atoms with Crippen LogP contribution >= 0.6 is 0 Å². The number of rotatable bonds is 6. The molecule has 0 radical (unpaired) electrons. The molecular weight excluding hydrogens is 220 g/mol. The molecule has 0 saturated heterocycles. The van der Waals surface area contributed by atoms with Crippen molar-refractivity contribution in [2.24, 2.45) is 0 Å². The molecule has 5 nitrogen and oxygen atoms in total. The van der Waals surface area contributed by atoms with E-state index < -0.39 is 17.0 Å². The average Bonchev–Trinajstić information content (AvgIpc) is 2.13. The maximum Gasteiger partial charge on any atom is 0.305 e. The highest BCUT2D eigenvalue weighted by atomic mass is 16.4. The highest BCUT2D eigenvalue weighted by Crippen LogP contribution is 2.35. The van der Waals surface area contributed by atoms with Crippen molar-refractivity contribution in [3.63, 3.8) is 0 Å². The molecule has 1 fully saturated rings. The minimum absolute atomic E-state index is 0.0148. The molecule has 0 spiro atoms. The van der Waals surface area contributed by atoms with Gasteiger partial charge >= 0.3 is 5.97 Å². The van der Waals surface area contributed by atoms with Crippen LogP contribution in [0.15, 0.2) is 0 Å². The summed E-state index contributed by atoms with van der Waals surface area (Å²) in [5.74, 6) is -0.980. The Morgan fingerprint density at radius 1 is 1.35 bits per heavy atom. The first-order valence-corrected chi connectivity index (χ1v) is 6.11. The van der Waals surface area contributed by atoms with Crippen molar-refractivity contribution in [1.82, 2.24) is 10.6 Å². The number of likely N-dealkylation sites (N-methyl/N-ethyl adjacent to an activating group) is 1. The van der Waals surface area contributed by atoms with Gasteiger partial charge in [0.1, 0.15) is 0 Å². The number of carboxylic acid groups (broad SMARTS) is 1. The van der Waals surface area contributed by atoms with E-state index in [0.29, 0.717) is 6.54 Å². The Morgan fingerprint density at radius 3 is 2.29 bits per heavy atom. The van der Waals surface area contributed by atoms with Crippen LogP contribution in [0.2, 0.25) is 0 Å². The summed E-state index contributed by atoms with van der Waals surface area (Å²) in [6, 6.07) is 0. The SMILES string of the molecule is CCNC(C)(C)C(=O)NC1(CC(=O)O)CCC1. The number of carbonyl (C=O) groups excluding carboxylic acids is 1. The van der Waals surface area contributed by atoms with Crippen molar-refractivity contribution >= 4 is 11.9 Å². The smallest absolute Gasteiger partial charge is 0.305 e. The van der Waals surface area contributed by atoms with E-state index in [2.05, 4.69) is 10.6 Å². The van der Waals surface area contributed by atoms with Gasteiger partial charge in [-0.3, -0.25) is 9.59 Å². The summed E-state index contributed by atoms with van der Waals surface area (Å²) in [6.45, 7) is 6.25. The van der Waals surface area contributed by atoms with Crippen LogP contribution in [0.3, 0.4) is 0 Å². The van der Waals surface area contributed by atoms with Crippen LogP contribution in [0.5, 0.6) is 0 Å². The zero-order chi connectivity index (χ0) is 13.1. The van der Waals surface area contributed by atoms with Crippen LogP contribution in [-0.4, -0.2) is 34.6 Å². The Bertz CT molecular complexity index is 309. The van der Waals surface area contributed by atoms with E-state index in [9.17, 15) is 9.59 Å². The maximum atomic E-state index is 12.1. The third-order valence-electron chi connectivity index (χ3n) is 3.37. The molecule has 0 unspecified atom stereocenters. The monoisotopic (exact) mass is 242 g/mol. The lowest BCUT2D eigenvalue weighted by atomic mass is 9.74. The molecule has 1 saturated carbocycles. The van der Waals surface area contributed by atoms with Crippen molar-refractivity contribution in [3.8, 4) is 0 Å². The highest BCUT2D eigenvalue weighted by molar-refractivity contribution is 5.86. The van der Waals surface area contributed by atoms with Crippen molar-refractivity contribution in [1.29, 1.82) is 0 Å². The lowest BCUT2D eigenvalue weighted by molar-refractivity contribution is -0.141. The number of nitrogens with one attached hydrogen (secondary N) is 2. The molecule has 0 atom stereocenters. The fourth-order valence-electron chi connectivity index (χ4n) is 2.16. The molecular formula is C12H22N2O3. The van der Waals surface area contributed by atoms with E-state index in [1.165, 1.54) is 0 Å². The second-order valence-electron chi connectivity index (χ2n) is 5.31. The number of hydrogen-bond acceptors (Lipinski definition) is 3. The zero-order valence-electron chi connectivity index (χ0n) is 10.8. The molecule has 0 aromatic rings. The maximum absolute atomic E-state index is 12.1. The summed E-state index contributed by atoms with van der Waals surface area (Å²) < 4.78 is 0. The fourth-order valence-corrected chi connectivity index (χ4v) is 2.16. The summed E-state index contributed by atoms with van der Waals surface area (Å²) in [7, 11) is 0. The molecule has 0 aliphatic heterocycles. The van der Waals surface area contributed by atoms with Gasteiger partial charge in [-0.05, 0) is 39.7 Å².